The van der Waals surface area contributed by atoms with Crippen LogP contribution in [0.5, 0.6) is 0 Å². The van der Waals surface area contributed by atoms with Gasteiger partial charge in [-0.25, -0.2) is 9.78 Å². The first-order valence-electron chi connectivity index (χ1n) is 5.26. The van der Waals surface area contributed by atoms with Gasteiger partial charge >= 0.3 is 5.97 Å². The average molecular weight is 235 g/mol. The third-order valence-electron chi connectivity index (χ3n) is 2.77. The first-order valence-corrected chi connectivity index (χ1v) is 5.26. The molecule has 1 saturated heterocycles. The first kappa shape index (κ1) is 11.4. The maximum Gasteiger partial charge on any atom is 0.335 e. The minimum Gasteiger partial charge on any atom is -0.478 e. The molecular formula is C11H13N3O3. The fraction of sp³-hybridized carbons (Fsp3) is 0.364. The number of hydrogen-bond acceptors (Lipinski definition) is 4. The molecule has 2 heterocycles. The summed E-state index contributed by atoms with van der Waals surface area (Å²) in [6.45, 7) is 1.53. The zero-order chi connectivity index (χ0) is 12.4. The van der Waals surface area contributed by atoms with Gasteiger partial charge in [0.15, 0.2) is 0 Å². The van der Waals surface area contributed by atoms with Gasteiger partial charge in [-0.1, -0.05) is 0 Å². The normalized spacial score (nSPS) is 16.2. The molecule has 0 aromatic carbocycles. The Hall–Kier alpha value is -2.11. The van der Waals surface area contributed by atoms with Crippen molar-refractivity contribution in [2.24, 2.45) is 0 Å². The molecule has 1 aromatic rings. The molecule has 6 nitrogen and oxygen atoms in total. The number of carboxylic acid groups (broad SMARTS) is 1. The van der Waals surface area contributed by atoms with Gasteiger partial charge in [0.1, 0.15) is 5.82 Å². The lowest BCUT2D eigenvalue weighted by molar-refractivity contribution is -0.129. The number of carbonyl (C=O) groups excluding carboxylic acids is 1. The zero-order valence-corrected chi connectivity index (χ0v) is 9.46. The summed E-state index contributed by atoms with van der Waals surface area (Å²) >= 11 is 0. The highest BCUT2D eigenvalue weighted by Gasteiger charge is 2.22. The molecule has 1 amide bonds. The van der Waals surface area contributed by atoms with Gasteiger partial charge < -0.3 is 14.9 Å². The summed E-state index contributed by atoms with van der Waals surface area (Å²) in [5, 5.41) is 8.88. The molecule has 1 N–H and O–H groups in total. The van der Waals surface area contributed by atoms with E-state index in [1.54, 1.807) is 16.8 Å². The number of carboxylic acids is 1. The van der Waals surface area contributed by atoms with E-state index in [-0.39, 0.29) is 18.0 Å². The van der Waals surface area contributed by atoms with Crippen molar-refractivity contribution in [2.75, 3.05) is 31.6 Å². The summed E-state index contributed by atoms with van der Waals surface area (Å²) in [5.41, 5.74) is 0.182. The smallest absolute Gasteiger partial charge is 0.335 e. The molecule has 1 aliphatic rings. The molecule has 6 heteroatoms. The lowest BCUT2D eigenvalue weighted by Gasteiger charge is -2.32. The van der Waals surface area contributed by atoms with Crippen molar-refractivity contribution < 1.29 is 14.7 Å². The van der Waals surface area contributed by atoms with E-state index in [9.17, 15) is 9.59 Å². The molecule has 17 heavy (non-hydrogen) atoms. The molecule has 2 rings (SSSR count). The fourth-order valence-electron chi connectivity index (χ4n) is 1.68. The van der Waals surface area contributed by atoms with Gasteiger partial charge in [0, 0.05) is 26.3 Å². The SMILES string of the molecule is CN1CCN(c2cc(C(=O)O)ccn2)CC1=O. The monoisotopic (exact) mass is 235 g/mol. The standard InChI is InChI=1S/C11H13N3O3/c1-13-4-5-14(7-10(13)15)9-6-8(11(16)17)2-3-12-9/h2-3,6H,4-5,7H2,1H3,(H,16,17). The van der Waals surface area contributed by atoms with E-state index < -0.39 is 5.97 Å². The van der Waals surface area contributed by atoms with E-state index in [4.69, 9.17) is 5.11 Å². The molecule has 90 valence electrons. The van der Waals surface area contributed by atoms with Gasteiger partial charge in [0.2, 0.25) is 5.91 Å². The highest BCUT2D eigenvalue weighted by atomic mass is 16.4. The fourth-order valence-corrected chi connectivity index (χ4v) is 1.68. The van der Waals surface area contributed by atoms with Crippen LogP contribution in [0.25, 0.3) is 0 Å². The van der Waals surface area contributed by atoms with Gasteiger partial charge in [0.05, 0.1) is 12.1 Å². The molecule has 0 bridgehead atoms. The topological polar surface area (TPSA) is 73.7 Å². The summed E-state index contributed by atoms with van der Waals surface area (Å²) in [5.74, 6) is -0.445. The lowest BCUT2D eigenvalue weighted by atomic mass is 10.2. The molecule has 0 saturated carbocycles. The summed E-state index contributed by atoms with van der Waals surface area (Å²) in [6, 6.07) is 2.92. The number of likely N-dealkylation sites (N-methyl/N-ethyl adjacent to an activating group) is 1. The van der Waals surface area contributed by atoms with Crippen molar-refractivity contribution in [3.05, 3.63) is 23.9 Å². The molecule has 0 atom stereocenters. The number of aromatic carboxylic acids is 1. The number of rotatable bonds is 2. The Labute approximate surface area is 98.5 Å². The van der Waals surface area contributed by atoms with Crippen molar-refractivity contribution in [2.45, 2.75) is 0 Å². The number of anilines is 1. The first-order chi connectivity index (χ1) is 8.08. The van der Waals surface area contributed by atoms with Crippen LogP contribution in [0.2, 0.25) is 0 Å². The molecule has 1 aliphatic heterocycles. The summed E-state index contributed by atoms with van der Waals surface area (Å²) in [7, 11) is 1.75. The Morgan fingerprint density at radius 2 is 2.24 bits per heavy atom. The molecule has 0 aliphatic carbocycles. The quantitative estimate of drug-likeness (QED) is 0.784. The molecular weight excluding hydrogens is 222 g/mol. The third-order valence-corrected chi connectivity index (χ3v) is 2.77. The highest BCUT2D eigenvalue weighted by Crippen LogP contribution is 2.15. The Balaban J connectivity index is 2.20. The maximum atomic E-state index is 11.5. The van der Waals surface area contributed by atoms with Gasteiger partial charge in [-0.2, -0.15) is 0 Å². The number of hydrogen-bond donors (Lipinski definition) is 1. The van der Waals surface area contributed by atoms with Crippen molar-refractivity contribution in [3.63, 3.8) is 0 Å². The second-order valence-corrected chi connectivity index (χ2v) is 3.94. The van der Waals surface area contributed by atoms with Crippen LogP contribution in [-0.4, -0.2) is 53.5 Å². The number of amides is 1. The van der Waals surface area contributed by atoms with E-state index in [2.05, 4.69) is 4.98 Å². The van der Waals surface area contributed by atoms with Gasteiger partial charge in [-0.05, 0) is 12.1 Å². The van der Waals surface area contributed by atoms with E-state index in [0.717, 1.165) is 0 Å². The minimum atomic E-state index is -0.992. The zero-order valence-electron chi connectivity index (χ0n) is 9.46. The van der Waals surface area contributed by atoms with Crippen molar-refractivity contribution >= 4 is 17.7 Å². The second kappa shape index (κ2) is 4.40. The second-order valence-electron chi connectivity index (χ2n) is 3.94. The predicted molar refractivity (Wildman–Crippen MR) is 61.0 cm³/mol. The average Bonchev–Trinajstić information content (AvgIpc) is 2.33. The number of pyridine rings is 1. The largest absolute Gasteiger partial charge is 0.478 e. The van der Waals surface area contributed by atoms with Crippen LogP contribution >= 0.6 is 0 Å². The Morgan fingerprint density at radius 1 is 1.47 bits per heavy atom. The summed E-state index contributed by atoms with van der Waals surface area (Å²) < 4.78 is 0. The lowest BCUT2D eigenvalue weighted by Crippen LogP contribution is -2.48. The predicted octanol–water partition coefficient (Wildman–Crippen LogP) is 0.0582. The molecule has 0 spiro atoms. The summed E-state index contributed by atoms with van der Waals surface area (Å²) in [6.07, 6.45) is 1.45. The van der Waals surface area contributed by atoms with Crippen LogP contribution in [0.1, 0.15) is 10.4 Å². The van der Waals surface area contributed by atoms with Crippen LogP contribution in [-0.2, 0) is 4.79 Å². The molecule has 1 fully saturated rings. The number of aromatic nitrogens is 1. The minimum absolute atomic E-state index is 0.0128. The van der Waals surface area contributed by atoms with Crippen LogP contribution < -0.4 is 4.90 Å². The van der Waals surface area contributed by atoms with Crippen LogP contribution in [0, 0.1) is 0 Å². The molecule has 0 unspecified atom stereocenters. The number of carbonyl (C=O) groups is 2. The van der Waals surface area contributed by atoms with Crippen LogP contribution in [0.3, 0.4) is 0 Å². The maximum absolute atomic E-state index is 11.5. The Kier molecular flexibility index (Phi) is 2.95. The highest BCUT2D eigenvalue weighted by molar-refractivity contribution is 5.89. The molecule has 0 radical (unpaired) electrons. The van der Waals surface area contributed by atoms with E-state index >= 15 is 0 Å². The van der Waals surface area contributed by atoms with E-state index in [1.165, 1.54) is 18.3 Å². The third kappa shape index (κ3) is 2.35. The van der Waals surface area contributed by atoms with Gasteiger partial charge in [-0.3, -0.25) is 4.79 Å². The van der Waals surface area contributed by atoms with Crippen LogP contribution in [0.15, 0.2) is 18.3 Å². The Bertz CT molecular complexity index is 461. The number of piperazine rings is 1. The summed E-state index contributed by atoms with van der Waals surface area (Å²) in [4.78, 5) is 29.9. The van der Waals surface area contributed by atoms with Crippen molar-refractivity contribution in [1.29, 1.82) is 0 Å². The number of nitrogens with zero attached hydrogens (tertiary/aromatic N) is 3. The molecule has 1 aromatic heterocycles. The van der Waals surface area contributed by atoms with Gasteiger partial charge in [0.25, 0.3) is 0 Å². The van der Waals surface area contributed by atoms with E-state index in [1.807, 2.05) is 0 Å². The Morgan fingerprint density at radius 3 is 2.88 bits per heavy atom. The van der Waals surface area contributed by atoms with Crippen LogP contribution in [0.4, 0.5) is 5.82 Å². The van der Waals surface area contributed by atoms with Crippen molar-refractivity contribution in [3.8, 4) is 0 Å². The van der Waals surface area contributed by atoms with E-state index in [0.29, 0.717) is 18.9 Å². The van der Waals surface area contributed by atoms with Gasteiger partial charge in [-0.15, -0.1) is 0 Å². The van der Waals surface area contributed by atoms with Crippen molar-refractivity contribution in [1.82, 2.24) is 9.88 Å².